The zero-order chi connectivity index (χ0) is 32.1. The molecule has 1 aliphatic heterocycles. The van der Waals surface area contributed by atoms with E-state index in [2.05, 4.69) is 10.3 Å². The first kappa shape index (κ1) is 33.5. The number of amides is 1. The molecule has 1 aliphatic rings. The van der Waals surface area contributed by atoms with E-state index in [0.717, 1.165) is 16.3 Å². The number of Topliss-reactive ketones (excluding diaryl/α,β-unsaturated/α-hetero) is 1. The van der Waals surface area contributed by atoms with E-state index in [1.54, 1.807) is 56.4 Å². The molecule has 1 aromatic heterocycles. The molecule has 44 heavy (non-hydrogen) atoms. The summed E-state index contributed by atoms with van der Waals surface area (Å²) in [4.78, 5) is 31.2. The Kier molecular flexibility index (Phi) is 10.8. The Bertz CT molecular complexity index is 1440. The third kappa shape index (κ3) is 9.32. The monoisotopic (exact) mass is 647 g/mol. The summed E-state index contributed by atoms with van der Waals surface area (Å²) in [6, 6.07) is 10.9. The van der Waals surface area contributed by atoms with E-state index in [9.17, 15) is 18.7 Å². The summed E-state index contributed by atoms with van der Waals surface area (Å²) < 4.78 is 46.3. The van der Waals surface area contributed by atoms with Gasteiger partial charge in [0.05, 0.1) is 28.2 Å². The maximum Gasteiger partial charge on any atom is 0.408 e. The minimum absolute atomic E-state index is 0.000917. The topological polar surface area (TPSA) is 140 Å². The lowest BCUT2D eigenvalue weighted by molar-refractivity contribution is -0.121. The van der Waals surface area contributed by atoms with Crippen molar-refractivity contribution >= 4 is 34.0 Å². The number of nitrogens with one attached hydrogen (secondary N) is 1. The molecule has 13 heteroatoms. The van der Waals surface area contributed by atoms with Gasteiger partial charge >= 0.3 is 6.09 Å². The number of ether oxygens (including phenoxy) is 4. The molecular formula is C31H41N3O8S2. The summed E-state index contributed by atoms with van der Waals surface area (Å²) in [6.07, 6.45) is -0.588. The summed E-state index contributed by atoms with van der Waals surface area (Å²) >= 11 is 1.56. The Morgan fingerprint density at radius 1 is 1.11 bits per heavy atom. The molecule has 3 aromatic rings. The Hall–Kier alpha value is -3.36. The number of aryl methyl sites for hydroxylation is 1. The fourth-order valence-electron chi connectivity index (χ4n) is 4.43. The first-order valence-corrected chi connectivity index (χ1v) is 16.7. The number of benzene rings is 2. The normalized spacial score (nSPS) is 14.0. The van der Waals surface area contributed by atoms with E-state index in [1.165, 1.54) is 10.4 Å². The summed E-state index contributed by atoms with van der Waals surface area (Å²) in [6.45, 7) is 11.3. The molecular weight excluding hydrogens is 606 g/mol. The summed E-state index contributed by atoms with van der Waals surface area (Å²) in [7, 11) is -3.60. The van der Waals surface area contributed by atoms with Crippen molar-refractivity contribution in [3.05, 3.63) is 64.1 Å². The van der Waals surface area contributed by atoms with Gasteiger partial charge in [0.15, 0.2) is 17.3 Å². The van der Waals surface area contributed by atoms with Crippen LogP contribution in [-0.2, 0) is 22.6 Å². The molecule has 1 atom stereocenters. The van der Waals surface area contributed by atoms with Crippen LogP contribution in [0.2, 0.25) is 0 Å². The Labute approximate surface area is 264 Å². The fraction of sp³-hybridized carbons (Fsp3) is 0.452. The highest BCUT2D eigenvalue weighted by atomic mass is 32.3. The number of hydrogen-bond donors (Lipinski definition) is 3. The number of fused-ring (bicyclic) bond motifs is 1. The number of ketones is 1. The van der Waals surface area contributed by atoms with Gasteiger partial charge in [0.2, 0.25) is 6.79 Å². The number of hydrogen-bond acceptors (Lipinski definition) is 11. The summed E-state index contributed by atoms with van der Waals surface area (Å²) in [5.41, 5.74) is 0.848. The largest absolute Gasteiger partial charge is 0.487 e. The van der Waals surface area contributed by atoms with Crippen LogP contribution in [0.25, 0.3) is 0 Å². The molecule has 0 saturated heterocycles. The first-order chi connectivity index (χ1) is 20.7. The summed E-state index contributed by atoms with van der Waals surface area (Å²) in [5, 5.41) is 5.62. The highest BCUT2D eigenvalue weighted by Crippen LogP contribution is 2.54. The number of nitrogens with zero attached hydrogens (tertiary/aromatic N) is 2. The van der Waals surface area contributed by atoms with Gasteiger partial charge < -0.3 is 24.3 Å². The number of aromatic nitrogens is 1. The second-order valence-electron chi connectivity index (χ2n) is 11.9. The van der Waals surface area contributed by atoms with Crippen molar-refractivity contribution in [1.29, 1.82) is 0 Å². The van der Waals surface area contributed by atoms with E-state index < -0.39 is 34.3 Å². The van der Waals surface area contributed by atoms with Crippen molar-refractivity contribution in [2.75, 3.05) is 19.9 Å². The molecule has 240 valence electrons. The van der Waals surface area contributed by atoms with Crippen LogP contribution in [0, 0.1) is 12.8 Å². The average Bonchev–Trinajstić information content (AvgIpc) is 3.58. The first-order valence-electron chi connectivity index (χ1n) is 14.3. The van der Waals surface area contributed by atoms with Crippen molar-refractivity contribution in [1.82, 2.24) is 14.6 Å². The number of thiazole rings is 1. The van der Waals surface area contributed by atoms with E-state index in [0.29, 0.717) is 23.9 Å². The molecule has 11 nitrogen and oxygen atoms in total. The van der Waals surface area contributed by atoms with Crippen molar-refractivity contribution in [2.24, 2.45) is 5.92 Å². The van der Waals surface area contributed by atoms with Gasteiger partial charge in [0, 0.05) is 18.0 Å². The van der Waals surface area contributed by atoms with Crippen LogP contribution in [0.5, 0.6) is 17.2 Å². The van der Waals surface area contributed by atoms with Crippen LogP contribution in [-0.4, -0.2) is 61.8 Å². The van der Waals surface area contributed by atoms with Gasteiger partial charge in [-0.1, -0.05) is 26.0 Å². The lowest BCUT2D eigenvalue weighted by Gasteiger charge is -2.43. The maximum atomic E-state index is 13.8. The van der Waals surface area contributed by atoms with Gasteiger partial charge in [0.1, 0.15) is 18.0 Å². The molecule has 0 spiro atoms. The van der Waals surface area contributed by atoms with Crippen LogP contribution < -0.4 is 19.5 Å². The smallest absolute Gasteiger partial charge is 0.408 e. The second kappa shape index (κ2) is 14.2. The number of alkyl carbamates (subject to hydrolysis) is 1. The lowest BCUT2D eigenvalue weighted by atomic mass is 10.0. The molecule has 2 aromatic carbocycles. The third-order valence-electron chi connectivity index (χ3n) is 6.42. The van der Waals surface area contributed by atoms with Gasteiger partial charge in [0.25, 0.3) is 0 Å². The zero-order valence-corrected chi connectivity index (χ0v) is 27.5. The molecule has 1 amide bonds. The van der Waals surface area contributed by atoms with Crippen molar-refractivity contribution in [3.63, 3.8) is 0 Å². The molecule has 4 rings (SSSR count). The second-order valence-corrected chi connectivity index (χ2v) is 15.0. The van der Waals surface area contributed by atoms with Crippen molar-refractivity contribution < 1.29 is 37.6 Å². The highest BCUT2D eigenvalue weighted by Gasteiger charge is 2.33. The number of rotatable bonds is 13. The third-order valence-corrected chi connectivity index (χ3v) is 9.12. The molecule has 0 saturated carbocycles. The number of carbonyl (C=O) groups excluding carboxylic acids is 2. The van der Waals surface area contributed by atoms with Crippen LogP contribution in [0.15, 0.2) is 52.7 Å². The quantitative estimate of drug-likeness (QED) is 0.190. The lowest BCUT2D eigenvalue weighted by Crippen LogP contribution is -2.48. The highest BCUT2D eigenvalue weighted by molar-refractivity contribution is 8.22. The zero-order valence-electron chi connectivity index (χ0n) is 25.9. The van der Waals surface area contributed by atoms with Gasteiger partial charge in [-0.15, -0.1) is 22.1 Å². The molecule has 0 bridgehead atoms. The van der Waals surface area contributed by atoms with E-state index in [4.69, 9.17) is 18.9 Å². The van der Waals surface area contributed by atoms with Gasteiger partial charge in [-0.2, -0.15) is 4.31 Å². The Morgan fingerprint density at radius 2 is 1.82 bits per heavy atom. The SMILES string of the molecule is Cc1nc(COc2ccc(CC(NC(=O)OC(C)(C)C)C(=O)CN(CC(C)C)S(O)(O)c3ccc4c(c3)OCO4)cc2)cs1. The van der Waals surface area contributed by atoms with Crippen molar-refractivity contribution in [3.8, 4) is 17.2 Å². The maximum absolute atomic E-state index is 13.8. The van der Waals surface area contributed by atoms with E-state index in [-0.39, 0.29) is 37.1 Å². The van der Waals surface area contributed by atoms with Gasteiger partial charge in [-0.05, 0) is 69.9 Å². The number of carbonyl (C=O) groups is 2. The van der Waals surface area contributed by atoms with Gasteiger partial charge in [-0.25, -0.2) is 9.78 Å². The fourth-order valence-corrected chi connectivity index (χ4v) is 6.65. The minimum atomic E-state index is -3.60. The molecule has 3 N–H and O–H groups in total. The predicted molar refractivity (Wildman–Crippen MR) is 170 cm³/mol. The molecule has 2 heterocycles. The Balaban J connectivity index is 1.52. The standard InChI is InChI=1S/C31H41N3O8S2/c1-20(2)15-34(44(37,38)25-11-12-28-29(14-25)41-19-40-28)16-27(35)26(33-30(36)42-31(4,5)6)13-22-7-9-24(10-8-22)39-17-23-18-43-21(3)32-23/h7-12,14,18,20,26,37-38H,13,15-17,19H2,1-6H3,(H,33,36). The Morgan fingerprint density at radius 3 is 2.45 bits per heavy atom. The molecule has 0 radical (unpaired) electrons. The van der Waals surface area contributed by atoms with Crippen LogP contribution in [0.1, 0.15) is 50.9 Å². The average molecular weight is 648 g/mol. The summed E-state index contributed by atoms with van der Waals surface area (Å²) in [5.74, 6) is 1.14. The van der Waals surface area contributed by atoms with E-state index >= 15 is 0 Å². The van der Waals surface area contributed by atoms with Crippen LogP contribution in [0.3, 0.4) is 0 Å². The van der Waals surface area contributed by atoms with Crippen LogP contribution >= 0.6 is 22.1 Å². The van der Waals surface area contributed by atoms with E-state index in [1.807, 2.05) is 38.3 Å². The van der Waals surface area contributed by atoms with Crippen LogP contribution in [0.4, 0.5) is 4.79 Å². The van der Waals surface area contributed by atoms with Crippen molar-refractivity contribution in [2.45, 2.75) is 71.1 Å². The molecule has 1 unspecified atom stereocenters. The predicted octanol–water partition coefficient (Wildman–Crippen LogP) is 6.45. The molecule has 0 fully saturated rings. The molecule has 0 aliphatic carbocycles. The minimum Gasteiger partial charge on any atom is -0.487 e. The van der Waals surface area contributed by atoms with Gasteiger partial charge in [-0.3, -0.25) is 13.9 Å².